The van der Waals surface area contributed by atoms with Gasteiger partial charge in [-0.15, -0.1) is 0 Å². The number of ether oxygens (including phenoxy) is 4. The smallest absolute Gasteiger partial charge is 0.238 e. The van der Waals surface area contributed by atoms with Crippen molar-refractivity contribution in [3.8, 4) is 23.0 Å². The van der Waals surface area contributed by atoms with Crippen LogP contribution in [0.25, 0.3) is 6.08 Å². The first kappa shape index (κ1) is 29.2. The van der Waals surface area contributed by atoms with Crippen LogP contribution >= 0.6 is 0 Å². The number of hydrogen-bond donors (Lipinski definition) is 1. The zero-order valence-corrected chi connectivity index (χ0v) is 25.8. The number of ketones is 2. The fraction of sp³-hybridized carbons (Fsp3) is 0.216. The van der Waals surface area contributed by atoms with Crippen LogP contribution in [-0.2, 0) is 10.2 Å². The standard InChI is InChI=1S/C37H32N2O7/c1-43-27-16-13-22(19-29(27)45-3)34(40)32-33(35(41)23-14-17-28(44-2)30(20-23)46-4)39-26-12-8-5-9-21(26)15-18-31(39)37(32)24-10-6-7-11-25(24)38-36(37)42/h5-20,31-33H,1-4H3,(H,38,42)/t31-,32-,33-,37+/m1/s1. The number of anilines is 2. The molecule has 9 nitrogen and oxygen atoms in total. The molecule has 3 heterocycles. The highest BCUT2D eigenvalue weighted by Gasteiger charge is 2.70. The van der Waals surface area contributed by atoms with Crippen molar-refractivity contribution in [3.05, 3.63) is 113 Å². The Morgan fingerprint density at radius 1 is 0.717 bits per heavy atom. The van der Waals surface area contributed by atoms with Gasteiger partial charge in [0.15, 0.2) is 34.6 Å². The number of benzene rings is 4. The molecule has 0 bridgehead atoms. The Morgan fingerprint density at radius 2 is 1.30 bits per heavy atom. The Kier molecular flexibility index (Phi) is 7.04. The minimum absolute atomic E-state index is 0.293. The summed E-state index contributed by atoms with van der Waals surface area (Å²) in [6.07, 6.45) is 3.91. The van der Waals surface area contributed by atoms with Crippen molar-refractivity contribution in [2.24, 2.45) is 5.92 Å². The predicted molar refractivity (Wildman–Crippen MR) is 174 cm³/mol. The van der Waals surface area contributed by atoms with Gasteiger partial charge in [-0.05, 0) is 59.7 Å². The molecule has 1 fully saturated rings. The first-order valence-electron chi connectivity index (χ1n) is 14.9. The fourth-order valence-corrected chi connectivity index (χ4v) is 7.45. The first-order chi connectivity index (χ1) is 22.4. The Hall–Kier alpha value is -5.57. The Bertz CT molecular complexity index is 1930. The molecule has 3 aliphatic heterocycles. The van der Waals surface area contributed by atoms with Crippen molar-refractivity contribution in [1.82, 2.24) is 0 Å². The zero-order chi connectivity index (χ0) is 32.2. The van der Waals surface area contributed by atoms with Gasteiger partial charge in [-0.1, -0.05) is 48.6 Å². The van der Waals surface area contributed by atoms with Crippen LogP contribution in [0.4, 0.5) is 11.4 Å². The topological polar surface area (TPSA) is 103 Å². The molecule has 46 heavy (non-hydrogen) atoms. The van der Waals surface area contributed by atoms with Crippen molar-refractivity contribution < 1.29 is 33.3 Å². The molecule has 0 aromatic heterocycles. The number of Topliss-reactive ketones (excluding diaryl/α,β-unsaturated/α-hetero) is 2. The summed E-state index contributed by atoms with van der Waals surface area (Å²) in [7, 11) is 6.04. The number of para-hydroxylation sites is 2. The van der Waals surface area contributed by atoms with Crippen LogP contribution in [0.2, 0.25) is 0 Å². The van der Waals surface area contributed by atoms with E-state index >= 15 is 9.59 Å². The molecule has 9 heteroatoms. The number of amides is 1. The van der Waals surface area contributed by atoms with E-state index in [1.165, 1.54) is 28.4 Å². The highest BCUT2D eigenvalue weighted by Crippen LogP contribution is 2.58. The lowest BCUT2D eigenvalue weighted by atomic mass is 9.64. The number of carbonyl (C=O) groups is 3. The third kappa shape index (κ3) is 4.04. The summed E-state index contributed by atoms with van der Waals surface area (Å²) < 4.78 is 22.0. The summed E-state index contributed by atoms with van der Waals surface area (Å²) >= 11 is 0. The van der Waals surface area contributed by atoms with E-state index in [1.807, 2.05) is 65.6 Å². The summed E-state index contributed by atoms with van der Waals surface area (Å²) in [5, 5.41) is 3.05. The van der Waals surface area contributed by atoms with E-state index in [9.17, 15) is 4.79 Å². The van der Waals surface area contributed by atoms with E-state index < -0.39 is 23.4 Å². The van der Waals surface area contributed by atoms with Crippen LogP contribution < -0.4 is 29.2 Å². The van der Waals surface area contributed by atoms with Gasteiger partial charge in [-0.25, -0.2) is 0 Å². The summed E-state index contributed by atoms with van der Waals surface area (Å²) in [4.78, 5) is 46.7. The molecular weight excluding hydrogens is 584 g/mol. The average molecular weight is 617 g/mol. The van der Waals surface area contributed by atoms with E-state index in [2.05, 4.69) is 5.32 Å². The van der Waals surface area contributed by atoms with E-state index in [0.29, 0.717) is 45.4 Å². The lowest BCUT2D eigenvalue weighted by Crippen LogP contribution is -2.51. The number of carbonyl (C=O) groups excluding carboxylic acids is 3. The highest BCUT2D eigenvalue weighted by molar-refractivity contribution is 6.18. The van der Waals surface area contributed by atoms with Crippen LogP contribution in [0.1, 0.15) is 31.8 Å². The normalized spacial score (nSPS) is 22.0. The highest BCUT2D eigenvalue weighted by atomic mass is 16.5. The molecule has 0 aliphatic carbocycles. The van der Waals surface area contributed by atoms with Gasteiger partial charge in [0.25, 0.3) is 0 Å². The third-order valence-electron chi connectivity index (χ3n) is 9.43. The molecule has 4 atom stereocenters. The monoisotopic (exact) mass is 616 g/mol. The van der Waals surface area contributed by atoms with E-state index in [4.69, 9.17) is 18.9 Å². The fourth-order valence-electron chi connectivity index (χ4n) is 7.45. The van der Waals surface area contributed by atoms with Gasteiger partial charge in [0.2, 0.25) is 5.91 Å². The Labute approximate surface area is 266 Å². The quantitative estimate of drug-likeness (QED) is 0.256. The van der Waals surface area contributed by atoms with Gasteiger partial charge < -0.3 is 29.2 Å². The summed E-state index contributed by atoms with van der Waals surface area (Å²) in [5.74, 6) is -0.518. The minimum Gasteiger partial charge on any atom is -0.493 e. The van der Waals surface area contributed by atoms with Gasteiger partial charge in [0, 0.05) is 22.5 Å². The first-order valence-corrected chi connectivity index (χ1v) is 14.9. The molecule has 7 rings (SSSR count). The summed E-state index contributed by atoms with van der Waals surface area (Å²) in [6, 6.07) is 23.2. The van der Waals surface area contributed by atoms with Gasteiger partial charge in [-0.3, -0.25) is 14.4 Å². The maximum Gasteiger partial charge on any atom is 0.238 e. The lowest BCUT2D eigenvalue weighted by molar-refractivity contribution is -0.121. The largest absolute Gasteiger partial charge is 0.493 e. The van der Waals surface area contributed by atoms with Gasteiger partial charge in [-0.2, -0.15) is 0 Å². The number of methoxy groups -OCH3 is 4. The molecule has 1 amide bonds. The van der Waals surface area contributed by atoms with E-state index in [-0.39, 0.29) is 17.5 Å². The predicted octanol–water partition coefficient (Wildman–Crippen LogP) is 5.58. The van der Waals surface area contributed by atoms with Crippen LogP contribution in [0.15, 0.2) is 91.0 Å². The molecule has 3 aliphatic rings. The molecule has 1 N–H and O–H groups in total. The van der Waals surface area contributed by atoms with Crippen LogP contribution in [0.3, 0.4) is 0 Å². The van der Waals surface area contributed by atoms with Crippen molar-refractivity contribution >= 4 is 34.9 Å². The van der Waals surface area contributed by atoms with Crippen LogP contribution in [-0.4, -0.2) is 58.0 Å². The van der Waals surface area contributed by atoms with Crippen LogP contribution in [0.5, 0.6) is 23.0 Å². The third-order valence-corrected chi connectivity index (χ3v) is 9.43. The second-order valence-corrected chi connectivity index (χ2v) is 11.4. The molecule has 4 aromatic carbocycles. The minimum atomic E-state index is -1.44. The van der Waals surface area contributed by atoms with E-state index in [0.717, 1.165) is 11.3 Å². The zero-order valence-electron chi connectivity index (χ0n) is 25.8. The molecule has 232 valence electrons. The molecule has 1 saturated heterocycles. The van der Waals surface area contributed by atoms with Crippen LogP contribution in [0, 0.1) is 5.92 Å². The molecule has 0 saturated carbocycles. The molecular formula is C37H32N2O7. The Morgan fingerprint density at radius 3 is 1.96 bits per heavy atom. The number of rotatable bonds is 8. The number of fused-ring (bicyclic) bond motifs is 6. The second-order valence-electron chi connectivity index (χ2n) is 11.4. The Balaban J connectivity index is 1.51. The maximum absolute atomic E-state index is 15.1. The maximum atomic E-state index is 15.1. The van der Waals surface area contributed by atoms with Gasteiger partial charge in [0.1, 0.15) is 11.5 Å². The van der Waals surface area contributed by atoms with Crippen molar-refractivity contribution in [2.75, 3.05) is 38.7 Å². The average Bonchev–Trinajstić information content (AvgIpc) is 3.58. The summed E-state index contributed by atoms with van der Waals surface area (Å²) in [5.41, 5.74) is 2.09. The van der Waals surface area contributed by atoms with Crippen molar-refractivity contribution in [1.29, 1.82) is 0 Å². The molecule has 4 aromatic rings. The van der Waals surface area contributed by atoms with Crippen molar-refractivity contribution in [2.45, 2.75) is 17.5 Å². The lowest BCUT2D eigenvalue weighted by Gasteiger charge is -2.37. The second kappa shape index (κ2) is 11.1. The SMILES string of the molecule is COc1ccc(C(=O)[C@H]2[C@H](C(=O)c3ccc(OC)c(OC)c3)[C@@]3(C(=O)Nc4ccccc43)[C@H]3C=Cc4ccccc4N23)cc1OC. The van der Waals surface area contributed by atoms with Crippen molar-refractivity contribution in [3.63, 3.8) is 0 Å². The molecule has 0 unspecified atom stereocenters. The molecule has 1 spiro atoms. The molecule has 0 radical (unpaired) electrons. The van der Waals surface area contributed by atoms with Gasteiger partial charge >= 0.3 is 0 Å². The number of hydrogen-bond acceptors (Lipinski definition) is 8. The van der Waals surface area contributed by atoms with Gasteiger partial charge in [0.05, 0.1) is 40.4 Å². The summed E-state index contributed by atoms with van der Waals surface area (Å²) in [6.45, 7) is 0. The van der Waals surface area contributed by atoms with E-state index in [1.54, 1.807) is 36.4 Å². The number of nitrogens with zero attached hydrogens (tertiary/aromatic N) is 1. The number of nitrogens with one attached hydrogen (secondary N) is 1.